The molecule has 0 bridgehead atoms. The van der Waals surface area contributed by atoms with E-state index >= 15 is 0 Å². The van der Waals surface area contributed by atoms with Crippen LogP contribution in [0.3, 0.4) is 0 Å². The van der Waals surface area contributed by atoms with Crippen molar-refractivity contribution >= 4 is 5.91 Å². The molecule has 84 valence electrons. The van der Waals surface area contributed by atoms with E-state index in [9.17, 15) is 4.79 Å². The van der Waals surface area contributed by atoms with E-state index in [2.05, 4.69) is 30.4 Å². The van der Waals surface area contributed by atoms with E-state index in [1.165, 1.54) is 12.8 Å². The van der Waals surface area contributed by atoms with Gasteiger partial charge in [0, 0.05) is 6.04 Å². The first-order chi connectivity index (χ1) is 7.06. The molecule has 3 nitrogen and oxygen atoms in total. The number of carbonyl (C=O) groups excluding carboxylic acids is 1. The van der Waals surface area contributed by atoms with E-state index in [1.807, 2.05) is 0 Å². The number of nitrogens with one attached hydrogen (secondary N) is 2. The van der Waals surface area contributed by atoms with E-state index in [4.69, 9.17) is 6.42 Å². The topological polar surface area (TPSA) is 41.1 Å². The van der Waals surface area contributed by atoms with Crippen LogP contribution >= 0.6 is 0 Å². The minimum absolute atomic E-state index is 0.0465. The number of hydrogen-bond acceptors (Lipinski definition) is 2. The summed E-state index contributed by atoms with van der Waals surface area (Å²) in [7, 11) is 0. The Bertz CT molecular complexity index is 265. The average molecular weight is 208 g/mol. The molecule has 0 aliphatic heterocycles. The minimum Gasteiger partial charge on any atom is -0.352 e. The molecule has 1 unspecified atom stereocenters. The molecule has 0 aromatic carbocycles. The molecular weight excluding hydrogens is 188 g/mol. The van der Waals surface area contributed by atoms with Crippen molar-refractivity contribution in [1.82, 2.24) is 10.6 Å². The Morgan fingerprint density at radius 3 is 2.87 bits per heavy atom. The molecule has 0 saturated heterocycles. The maximum Gasteiger partial charge on any atom is 0.234 e. The maximum atomic E-state index is 11.5. The van der Waals surface area contributed by atoms with E-state index in [0.717, 1.165) is 6.42 Å². The van der Waals surface area contributed by atoms with Gasteiger partial charge in [-0.2, -0.15) is 0 Å². The fourth-order valence-corrected chi connectivity index (χ4v) is 2.09. The molecular formula is C12H20N2O. The first kappa shape index (κ1) is 12.1. The van der Waals surface area contributed by atoms with Crippen molar-refractivity contribution in [3.8, 4) is 12.3 Å². The summed E-state index contributed by atoms with van der Waals surface area (Å²) < 4.78 is 0. The second-order valence-electron chi connectivity index (χ2n) is 4.81. The molecule has 0 aromatic rings. The zero-order valence-electron chi connectivity index (χ0n) is 9.60. The quantitative estimate of drug-likeness (QED) is 0.532. The third kappa shape index (κ3) is 3.56. The average Bonchev–Trinajstić information content (AvgIpc) is 2.46. The molecule has 1 fully saturated rings. The van der Waals surface area contributed by atoms with Gasteiger partial charge in [0.15, 0.2) is 0 Å². The van der Waals surface area contributed by atoms with E-state index in [0.29, 0.717) is 19.1 Å². The highest BCUT2D eigenvalue weighted by atomic mass is 16.2. The highest BCUT2D eigenvalue weighted by Gasteiger charge is 2.35. The lowest BCUT2D eigenvalue weighted by Gasteiger charge is -2.27. The second-order valence-corrected chi connectivity index (χ2v) is 4.81. The Kier molecular flexibility index (Phi) is 4.16. The van der Waals surface area contributed by atoms with Crippen LogP contribution in [-0.4, -0.2) is 25.0 Å². The summed E-state index contributed by atoms with van der Waals surface area (Å²) in [5.41, 5.74) is 0.238. The smallest absolute Gasteiger partial charge is 0.234 e. The highest BCUT2D eigenvalue weighted by Crippen LogP contribution is 2.36. The van der Waals surface area contributed by atoms with Crippen LogP contribution in [0.25, 0.3) is 0 Å². The van der Waals surface area contributed by atoms with Gasteiger partial charge in [-0.25, -0.2) is 0 Å². The van der Waals surface area contributed by atoms with Crippen LogP contribution in [0.15, 0.2) is 0 Å². The third-order valence-corrected chi connectivity index (χ3v) is 3.11. The number of amides is 1. The summed E-state index contributed by atoms with van der Waals surface area (Å²) >= 11 is 0. The van der Waals surface area contributed by atoms with E-state index < -0.39 is 0 Å². The standard InChI is InChI=1S/C12H20N2O/c1-4-8-13-9-11(15)14-10-6-5-7-12(10,2)3/h1,10,13H,5-9H2,2-3H3,(H,14,15). The van der Waals surface area contributed by atoms with Crippen molar-refractivity contribution in [2.75, 3.05) is 13.1 Å². The summed E-state index contributed by atoms with van der Waals surface area (Å²) in [4.78, 5) is 11.5. The molecule has 0 radical (unpaired) electrons. The highest BCUT2D eigenvalue weighted by molar-refractivity contribution is 5.78. The normalized spacial score (nSPS) is 23.4. The summed E-state index contributed by atoms with van der Waals surface area (Å²) in [6.45, 7) is 5.18. The molecule has 1 atom stereocenters. The predicted molar refractivity (Wildman–Crippen MR) is 61.3 cm³/mol. The van der Waals surface area contributed by atoms with Crippen LogP contribution in [0.2, 0.25) is 0 Å². The molecule has 1 aliphatic rings. The SMILES string of the molecule is C#CCNCC(=O)NC1CCCC1(C)C. The van der Waals surface area contributed by atoms with Crippen LogP contribution in [0.4, 0.5) is 0 Å². The molecule has 0 spiro atoms. The van der Waals surface area contributed by atoms with Crippen LogP contribution in [0.1, 0.15) is 33.1 Å². The number of rotatable bonds is 4. The van der Waals surface area contributed by atoms with Crippen LogP contribution < -0.4 is 10.6 Å². The Morgan fingerprint density at radius 2 is 2.33 bits per heavy atom. The summed E-state index contributed by atoms with van der Waals surface area (Å²) in [5.74, 6) is 2.49. The van der Waals surface area contributed by atoms with Gasteiger partial charge in [-0.3, -0.25) is 10.1 Å². The van der Waals surface area contributed by atoms with Gasteiger partial charge in [-0.15, -0.1) is 6.42 Å². The van der Waals surface area contributed by atoms with Gasteiger partial charge in [0.05, 0.1) is 13.1 Å². The lowest BCUT2D eigenvalue weighted by molar-refractivity contribution is -0.121. The van der Waals surface area contributed by atoms with Crippen molar-refractivity contribution in [2.45, 2.75) is 39.2 Å². The fourth-order valence-electron chi connectivity index (χ4n) is 2.09. The molecule has 1 saturated carbocycles. The molecule has 1 amide bonds. The van der Waals surface area contributed by atoms with Gasteiger partial charge in [-0.05, 0) is 18.3 Å². The fraction of sp³-hybridized carbons (Fsp3) is 0.750. The van der Waals surface area contributed by atoms with Crippen LogP contribution in [0.5, 0.6) is 0 Å². The van der Waals surface area contributed by atoms with E-state index in [1.54, 1.807) is 0 Å². The predicted octanol–water partition coefficient (Wildman–Crippen LogP) is 0.904. The zero-order valence-corrected chi connectivity index (χ0v) is 9.60. The molecule has 2 N–H and O–H groups in total. The Hall–Kier alpha value is -1.01. The van der Waals surface area contributed by atoms with Gasteiger partial charge in [-0.1, -0.05) is 26.2 Å². The van der Waals surface area contributed by atoms with Gasteiger partial charge in [0.2, 0.25) is 5.91 Å². The molecule has 0 heterocycles. The summed E-state index contributed by atoms with van der Waals surface area (Å²) in [6, 6.07) is 0.317. The minimum atomic E-state index is 0.0465. The number of carbonyl (C=O) groups is 1. The first-order valence-electron chi connectivity index (χ1n) is 5.50. The van der Waals surface area contributed by atoms with Crippen molar-refractivity contribution in [2.24, 2.45) is 5.41 Å². The molecule has 0 aromatic heterocycles. The van der Waals surface area contributed by atoms with Crippen molar-refractivity contribution < 1.29 is 4.79 Å². The lowest BCUT2D eigenvalue weighted by atomic mass is 9.87. The maximum absolute atomic E-state index is 11.5. The monoisotopic (exact) mass is 208 g/mol. The van der Waals surface area contributed by atoms with Crippen LogP contribution in [0, 0.1) is 17.8 Å². The first-order valence-corrected chi connectivity index (χ1v) is 5.50. The zero-order chi connectivity index (χ0) is 11.3. The largest absolute Gasteiger partial charge is 0.352 e. The summed E-state index contributed by atoms with van der Waals surface area (Å²) in [6.07, 6.45) is 8.56. The molecule has 15 heavy (non-hydrogen) atoms. The van der Waals surface area contributed by atoms with Gasteiger partial charge >= 0.3 is 0 Å². The molecule has 1 rings (SSSR count). The Morgan fingerprint density at radius 1 is 1.60 bits per heavy atom. The molecule has 1 aliphatic carbocycles. The molecule has 3 heteroatoms. The van der Waals surface area contributed by atoms with Gasteiger partial charge < -0.3 is 5.32 Å². The van der Waals surface area contributed by atoms with Crippen molar-refractivity contribution in [3.63, 3.8) is 0 Å². The number of terminal acetylenes is 1. The Balaban J connectivity index is 2.29. The second kappa shape index (κ2) is 5.18. The summed E-state index contributed by atoms with van der Waals surface area (Å²) in [5, 5.41) is 5.95. The van der Waals surface area contributed by atoms with Crippen LogP contribution in [-0.2, 0) is 4.79 Å². The lowest BCUT2D eigenvalue weighted by Crippen LogP contribution is -2.45. The van der Waals surface area contributed by atoms with E-state index in [-0.39, 0.29) is 11.3 Å². The Labute approximate surface area is 92.0 Å². The van der Waals surface area contributed by atoms with Crippen molar-refractivity contribution in [1.29, 1.82) is 0 Å². The third-order valence-electron chi connectivity index (χ3n) is 3.11. The van der Waals surface area contributed by atoms with Crippen molar-refractivity contribution in [3.05, 3.63) is 0 Å². The van der Waals surface area contributed by atoms with Gasteiger partial charge in [0.25, 0.3) is 0 Å². The number of hydrogen-bond donors (Lipinski definition) is 2. The van der Waals surface area contributed by atoms with Gasteiger partial charge in [0.1, 0.15) is 0 Å².